The van der Waals surface area contributed by atoms with Crippen molar-refractivity contribution in [2.75, 3.05) is 0 Å². The normalized spacial score (nSPS) is 10.5. The number of hydrogen-bond donors (Lipinski definition) is 0. The first-order chi connectivity index (χ1) is 6.13. The van der Waals surface area contributed by atoms with Crippen LogP contribution < -0.4 is 0 Å². The van der Waals surface area contributed by atoms with Crippen LogP contribution in [0.3, 0.4) is 0 Å². The van der Waals surface area contributed by atoms with Gasteiger partial charge in [0, 0.05) is 5.56 Å². The van der Waals surface area contributed by atoms with Crippen LogP contribution in [0.5, 0.6) is 0 Å². The predicted molar refractivity (Wildman–Crippen MR) is 55.1 cm³/mol. The van der Waals surface area contributed by atoms with Gasteiger partial charge in [-0.2, -0.15) is 0 Å². The molecular formula is C12H16O. The van der Waals surface area contributed by atoms with Crippen LogP contribution in [0.25, 0.3) is 0 Å². The lowest BCUT2D eigenvalue weighted by Crippen LogP contribution is -1.96. The van der Waals surface area contributed by atoms with Crippen molar-refractivity contribution in [1.29, 1.82) is 0 Å². The highest BCUT2D eigenvalue weighted by molar-refractivity contribution is 5.77. The number of aryl methyl sites for hydroxylation is 1. The Morgan fingerprint density at radius 1 is 1.38 bits per heavy atom. The summed E-state index contributed by atoms with van der Waals surface area (Å²) in [5, 5.41) is 0. The molecule has 1 heteroatoms. The van der Waals surface area contributed by atoms with Crippen LogP contribution >= 0.6 is 0 Å². The summed E-state index contributed by atoms with van der Waals surface area (Å²) in [7, 11) is 0. The number of rotatable bonds is 3. The van der Waals surface area contributed by atoms with Crippen LogP contribution in [0, 0.1) is 12.8 Å². The maximum Gasteiger partial charge on any atom is 0.150 e. The minimum absolute atomic E-state index is 0.641. The summed E-state index contributed by atoms with van der Waals surface area (Å²) in [6, 6.07) is 6.10. The zero-order valence-electron chi connectivity index (χ0n) is 8.50. The molecule has 0 heterocycles. The summed E-state index contributed by atoms with van der Waals surface area (Å²) in [5.41, 5.74) is 3.13. The Labute approximate surface area is 79.8 Å². The summed E-state index contributed by atoms with van der Waals surface area (Å²) in [6.07, 6.45) is 1.97. The molecule has 0 aromatic heterocycles. The first-order valence-corrected chi connectivity index (χ1v) is 4.68. The summed E-state index contributed by atoms with van der Waals surface area (Å²) in [5.74, 6) is 0.641. The second-order valence-electron chi connectivity index (χ2n) is 3.91. The topological polar surface area (TPSA) is 17.1 Å². The molecule has 0 radical (unpaired) electrons. The largest absolute Gasteiger partial charge is 0.298 e. The van der Waals surface area contributed by atoms with Gasteiger partial charge in [0.2, 0.25) is 0 Å². The monoisotopic (exact) mass is 176 g/mol. The first kappa shape index (κ1) is 9.97. The Hall–Kier alpha value is -1.11. The van der Waals surface area contributed by atoms with E-state index in [4.69, 9.17) is 0 Å². The molecule has 0 aliphatic carbocycles. The molecule has 1 rings (SSSR count). The molecule has 0 N–H and O–H groups in total. The van der Waals surface area contributed by atoms with Gasteiger partial charge in [0.1, 0.15) is 6.29 Å². The van der Waals surface area contributed by atoms with Crippen LogP contribution in [0.4, 0.5) is 0 Å². The zero-order chi connectivity index (χ0) is 9.84. The van der Waals surface area contributed by atoms with Gasteiger partial charge in [-0.1, -0.05) is 26.0 Å². The lowest BCUT2D eigenvalue weighted by Gasteiger charge is -2.06. The average Bonchev–Trinajstić information content (AvgIpc) is 2.07. The van der Waals surface area contributed by atoms with Gasteiger partial charge in [0.15, 0.2) is 0 Å². The van der Waals surface area contributed by atoms with Crippen LogP contribution in [0.1, 0.15) is 35.3 Å². The molecule has 0 saturated carbocycles. The Morgan fingerprint density at radius 3 is 2.62 bits per heavy atom. The maximum atomic E-state index is 10.7. The fourth-order valence-corrected chi connectivity index (χ4v) is 1.42. The highest BCUT2D eigenvalue weighted by Crippen LogP contribution is 2.12. The SMILES string of the molecule is Cc1ccc(CC(C)C)cc1C=O. The highest BCUT2D eigenvalue weighted by atomic mass is 16.1. The third-order valence-electron chi connectivity index (χ3n) is 2.11. The number of benzene rings is 1. The molecule has 0 aliphatic rings. The predicted octanol–water partition coefficient (Wildman–Crippen LogP) is 3.01. The van der Waals surface area contributed by atoms with E-state index < -0.39 is 0 Å². The zero-order valence-corrected chi connectivity index (χ0v) is 8.50. The van der Waals surface area contributed by atoms with Crippen LogP contribution in [0.2, 0.25) is 0 Å². The van der Waals surface area contributed by atoms with Gasteiger partial charge >= 0.3 is 0 Å². The van der Waals surface area contributed by atoms with E-state index in [9.17, 15) is 4.79 Å². The van der Waals surface area contributed by atoms with Gasteiger partial charge in [0.05, 0.1) is 0 Å². The van der Waals surface area contributed by atoms with E-state index in [-0.39, 0.29) is 0 Å². The molecule has 0 bridgehead atoms. The van der Waals surface area contributed by atoms with Crippen molar-refractivity contribution in [3.05, 3.63) is 34.9 Å². The highest BCUT2D eigenvalue weighted by Gasteiger charge is 2.01. The van der Waals surface area contributed by atoms with Crippen molar-refractivity contribution in [2.24, 2.45) is 5.92 Å². The van der Waals surface area contributed by atoms with Crippen LogP contribution in [-0.2, 0) is 6.42 Å². The van der Waals surface area contributed by atoms with Gasteiger partial charge < -0.3 is 0 Å². The van der Waals surface area contributed by atoms with Gasteiger partial charge in [-0.15, -0.1) is 0 Å². The number of aldehydes is 1. The molecule has 0 saturated heterocycles. The second-order valence-corrected chi connectivity index (χ2v) is 3.91. The summed E-state index contributed by atoms with van der Waals surface area (Å²) < 4.78 is 0. The van der Waals surface area contributed by atoms with Crippen molar-refractivity contribution in [2.45, 2.75) is 27.2 Å². The van der Waals surface area contributed by atoms with E-state index in [0.717, 1.165) is 23.8 Å². The fraction of sp³-hybridized carbons (Fsp3) is 0.417. The molecule has 1 aromatic rings. The first-order valence-electron chi connectivity index (χ1n) is 4.68. The van der Waals surface area contributed by atoms with Gasteiger partial charge in [-0.25, -0.2) is 0 Å². The molecule has 1 aromatic carbocycles. The van der Waals surface area contributed by atoms with E-state index in [0.29, 0.717) is 5.92 Å². The van der Waals surface area contributed by atoms with Crippen LogP contribution in [-0.4, -0.2) is 6.29 Å². The molecule has 1 nitrogen and oxygen atoms in total. The smallest absolute Gasteiger partial charge is 0.150 e. The Balaban J connectivity index is 2.92. The summed E-state index contributed by atoms with van der Waals surface area (Å²) >= 11 is 0. The standard InChI is InChI=1S/C12H16O/c1-9(2)6-11-5-4-10(3)12(7-11)8-13/h4-5,7-9H,6H2,1-3H3. The van der Waals surface area contributed by atoms with Crippen molar-refractivity contribution in [3.63, 3.8) is 0 Å². The van der Waals surface area contributed by atoms with Crippen molar-refractivity contribution >= 4 is 6.29 Å². The van der Waals surface area contributed by atoms with E-state index in [2.05, 4.69) is 19.9 Å². The van der Waals surface area contributed by atoms with E-state index >= 15 is 0 Å². The molecule has 0 atom stereocenters. The van der Waals surface area contributed by atoms with E-state index in [1.807, 2.05) is 19.1 Å². The Morgan fingerprint density at radius 2 is 2.08 bits per heavy atom. The fourth-order valence-electron chi connectivity index (χ4n) is 1.42. The molecule has 0 aliphatic heterocycles. The minimum atomic E-state index is 0.641. The van der Waals surface area contributed by atoms with E-state index in [1.54, 1.807) is 0 Å². The summed E-state index contributed by atoms with van der Waals surface area (Å²) in [6.45, 7) is 6.32. The third-order valence-corrected chi connectivity index (χ3v) is 2.11. The molecule has 0 unspecified atom stereocenters. The number of carbonyl (C=O) groups excluding carboxylic acids is 1. The minimum Gasteiger partial charge on any atom is -0.298 e. The molecule has 13 heavy (non-hydrogen) atoms. The maximum absolute atomic E-state index is 10.7. The third kappa shape index (κ3) is 2.69. The Kier molecular flexibility index (Phi) is 3.24. The average molecular weight is 176 g/mol. The Bertz CT molecular complexity index is 300. The number of hydrogen-bond acceptors (Lipinski definition) is 1. The quantitative estimate of drug-likeness (QED) is 0.647. The molecule has 0 fully saturated rings. The van der Waals surface area contributed by atoms with E-state index in [1.165, 1.54) is 5.56 Å². The van der Waals surface area contributed by atoms with Crippen molar-refractivity contribution in [1.82, 2.24) is 0 Å². The summed E-state index contributed by atoms with van der Waals surface area (Å²) in [4.78, 5) is 10.7. The van der Waals surface area contributed by atoms with Crippen molar-refractivity contribution < 1.29 is 4.79 Å². The second kappa shape index (κ2) is 4.22. The van der Waals surface area contributed by atoms with Gasteiger partial charge in [-0.3, -0.25) is 4.79 Å². The molecule has 0 amide bonds. The lowest BCUT2D eigenvalue weighted by atomic mass is 9.99. The van der Waals surface area contributed by atoms with Gasteiger partial charge in [0.25, 0.3) is 0 Å². The van der Waals surface area contributed by atoms with Crippen LogP contribution in [0.15, 0.2) is 18.2 Å². The van der Waals surface area contributed by atoms with Gasteiger partial charge in [-0.05, 0) is 36.5 Å². The molecule has 70 valence electrons. The number of carbonyl (C=O) groups is 1. The van der Waals surface area contributed by atoms with Crippen molar-refractivity contribution in [3.8, 4) is 0 Å². The molecule has 0 spiro atoms. The lowest BCUT2D eigenvalue weighted by molar-refractivity contribution is 0.112. The molecular weight excluding hydrogens is 160 g/mol.